The van der Waals surface area contributed by atoms with E-state index in [1.165, 1.54) is 16.2 Å². The number of hydrogen-bond acceptors (Lipinski definition) is 4. The third kappa shape index (κ3) is 3.30. The topological polar surface area (TPSA) is 58.6 Å². The van der Waals surface area contributed by atoms with Crippen LogP contribution >= 0.6 is 27.3 Å². The van der Waals surface area contributed by atoms with Gasteiger partial charge in [-0.2, -0.15) is 0 Å². The van der Waals surface area contributed by atoms with Gasteiger partial charge in [-0.1, -0.05) is 18.2 Å². The van der Waals surface area contributed by atoms with Gasteiger partial charge in [0.2, 0.25) is 0 Å². The number of nitrogens with zero attached hydrogens (tertiary/aromatic N) is 1. The number of hydrogen-bond donors (Lipinski definition) is 1. The smallest absolute Gasteiger partial charge is 0.325 e. The van der Waals surface area contributed by atoms with Gasteiger partial charge >= 0.3 is 6.03 Å². The summed E-state index contributed by atoms with van der Waals surface area (Å²) in [6, 6.07) is 9.26. The molecule has 25 heavy (non-hydrogen) atoms. The highest BCUT2D eigenvalue weighted by Crippen LogP contribution is 2.35. The molecule has 0 bridgehead atoms. The van der Waals surface area contributed by atoms with Crippen LogP contribution in [0.15, 0.2) is 34.1 Å². The minimum atomic E-state index is -1.02. The summed E-state index contributed by atoms with van der Waals surface area (Å²) in [4.78, 5) is 27.1. The summed E-state index contributed by atoms with van der Waals surface area (Å²) < 4.78 is 6.74. The maximum absolute atomic E-state index is 12.8. The average molecular weight is 423 g/mol. The molecule has 1 aromatic carbocycles. The van der Waals surface area contributed by atoms with Crippen molar-refractivity contribution in [3.8, 4) is 5.75 Å². The quantitative estimate of drug-likeness (QED) is 0.741. The normalized spacial score (nSPS) is 20.1. The zero-order valence-electron chi connectivity index (χ0n) is 14.3. The molecule has 1 atom stereocenters. The Balaban J connectivity index is 1.69. The van der Waals surface area contributed by atoms with Crippen LogP contribution < -0.4 is 10.1 Å². The van der Waals surface area contributed by atoms with Crippen molar-refractivity contribution in [1.29, 1.82) is 0 Å². The van der Waals surface area contributed by atoms with E-state index in [2.05, 4.69) is 21.2 Å². The van der Waals surface area contributed by atoms with Gasteiger partial charge in [0.15, 0.2) is 5.54 Å². The van der Waals surface area contributed by atoms with E-state index in [-0.39, 0.29) is 25.1 Å². The Labute approximate surface area is 159 Å². The zero-order valence-corrected chi connectivity index (χ0v) is 16.7. The van der Waals surface area contributed by atoms with Crippen LogP contribution in [0.4, 0.5) is 4.79 Å². The van der Waals surface area contributed by atoms with Gasteiger partial charge in [0, 0.05) is 4.88 Å². The standard InChI is InChI=1S/C18H19BrN2O3S/c1-11-5-4-6-12(2)15(11)24-10-9-21-16(22)18(3,20-17(21)23)13-7-8-14(19)25-13/h4-8H,9-10H2,1-3H3,(H,20,23). The molecule has 0 radical (unpaired) electrons. The Hall–Kier alpha value is -1.86. The largest absolute Gasteiger partial charge is 0.491 e. The second-order valence-electron chi connectivity index (χ2n) is 6.19. The van der Waals surface area contributed by atoms with E-state index in [0.717, 1.165) is 25.5 Å². The number of carbonyl (C=O) groups excluding carboxylic acids is 2. The van der Waals surface area contributed by atoms with Crippen molar-refractivity contribution >= 4 is 39.2 Å². The van der Waals surface area contributed by atoms with Gasteiger partial charge in [0.1, 0.15) is 12.4 Å². The van der Waals surface area contributed by atoms with Crippen LogP contribution in [-0.2, 0) is 10.3 Å². The summed E-state index contributed by atoms with van der Waals surface area (Å²) in [5.41, 5.74) is 1.04. The first-order chi connectivity index (χ1) is 11.8. The van der Waals surface area contributed by atoms with Crippen molar-refractivity contribution in [2.75, 3.05) is 13.2 Å². The molecule has 1 saturated heterocycles. The molecule has 0 aliphatic carbocycles. The van der Waals surface area contributed by atoms with Gasteiger partial charge in [-0.15, -0.1) is 11.3 Å². The molecule has 0 spiro atoms. The molecule has 132 valence electrons. The number of imide groups is 1. The number of halogens is 1. The number of carbonyl (C=O) groups is 2. The third-order valence-electron chi connectivity index (χ3n) is 4.31. The molecular weight excluding hydrogens is 404 g/mol. The first-order valence-electron chi connectivity index (χ1n) is 7.92. The Bertz CT molecular complexity index is 815. The lowest BCUT2D eigenvalue weighted by molar-refractivity contribution is -0.131. The Morgan fingerprint density at radius 1 is 1.20 bits per heavy atom. The predicted molar refractivity (Wildman–Crippen MR) is 101 cm³/mol. The van der Waals surface area contributed by atoms with Crippen molar-refractivity contribution in [2.24, 2.45) is 0 Å². The van der Waals surface area contributed by atoms with Crippen LogP contribution in [0.2, 0.25) is 0 Å². The maximum Gasteiger partial charge on any atom is 0.325 e. The van der Waals surface area contributed by atoms with Crippen molar-refractivity contribution < 1.29 is 14.3 Å². The summed E-state index contributed by atoms with van der Waals surface area (Å²) in [7, 11) is 0. The lowest BCUT2D eigenvalue weighted by Crippen LogP contribution is -2.40. The number of benzene rings is 1. The second kappa shape index (κ2) is 6.80. The number of para-hydroxylation sites is 1. The van der Waals surface area contributed by atoms with Crippen LogP contribution in [0.5, 0.6) is 5.75 Å². The molecule has 1 aliphatic heterocycles. The molecule has 1 aliphatic rings. The van der Waals surface area contributed by atoms with Gasteiger partial charge in [-0.3, -0.25) is 9.69 Å². The SMILES string of the molecule is Cc1cccc(C)c1OCCN1C(=O)NC(C)(c2ccc(Br)s2)C1=O. The summed E-state index contributed by atoms with van der Waals surface area (Å²) in [6.45, 7) is 6.15. The van der Waals surface area contributed by atoms with Crippen LogP contribution in [0.3, 0.4) is 0 Å². The molecule has 1 N–H and O–H groups in total. The van der Waals surface area contributed by atoms with E-state index in [4.69, 9.17) is 4.74 Å². The first-order valence-corrected chi connectivity index (χ1v) is 9.53. The first kappa shape index (κ1) is 17.9. The second-order valence-corrected chi connectivity index (χ2v) is 8.65. The van der Waals surface area contributed by atoms with Crippen molar-refractivity contribution in [2.45, 2.75) is 26.3 Å². The molecule has 3 amide bonds. The highest BCUT2D eigenvalue weighted by Gasteiger charge is 2.49. The number of urea groups is 1. The highest BCUT2D eigenvalue weighted by atomic mass is 79.9. The van der Waals surface area contributed by atoms with Crippen molar-refractivity contribution in [3.63, 3.8) is 0 Å². The van der Waals surface area contributed by atoms with Crippen LogP contribution in [-0.4, -0.2) is 30.0 Å². The predicted octanol–water partition coefficient (Wildman–Crippen LogP) is 3.97. The van der Waals surface area contributed by atoms with E-state index in [9.17, 15) is 9.59 Å². The zero-order chi connectivity index (χ0) is 18.2. The summed E-state index contributed by atoms with van der Waals surface area (Å²) in [6.07, 6.45) is 0. The maximum atomic E-state index is 12.8. The number of thiophene rings is 1. The van der Waals surface area contributed by atoms with E-state index in [1.807, 2.05) is 44.2 Å². The third-order valence-corrected chi connectivity index (χ3v) is 6.16. The number of amides is 3. The van der Waals surface area contributed by atoms with Crippen LogP contribution in [0.1, 0.15) is 22.9 Å². The van der Waals surface area contributed by atoms with Crippen LogP contribution in [0.25, 0.3) is 0 Å². The molecule has 1 unspecified atom stereocenters. The molecule has 2 aromatic rings. The molecule has 1 fully saturated rings. The van der Waals surface area contributed by atoms with Crippen molar-refractivity contribution in [1.82, 2.24) is 10.2 Å². The van der Waals surface area contributed by atoms with E-state index >= 15 is 0 Å². The highest BCUT2D eigenvalue weighted by molar-refractivity contribution is 9.11. The van der Waals surface area contributed by atoms with Gasteiger partial charge in [-0.05, 0) is 60.0 Å². The number of rotatable bonds is 5. The van der Waals surface area contributed by atoms with Crippen molar-refractivity contribution in [3.05, 3.63) is 50.1 Å². The number of nitrogens with one attached hydrogen (secondary N) is 1. The average Bonchev–Trinajstić information content (AvgIpc) is 3.08. The molecule has 1 aromatic heterocycles. The lowest BCUT2D eigenvalue weighted by atomic mass is 10.0. The fraction of sp³-hybridized carbons (Fsp3) is 0.333. The number of aryl methyl sites for hydroxylation is 2. The van der Waals surface area contributed by atoms with E-state index in [1.54, 1.807) is 6.92 Å². The summed E-state index contributed by atoms with van der Waals surface area (Å²) in [5, 5.41) is 2.80. The van der Waals surface area contributed by atoms with E-state index in [0.29, 0.717) is 0 Å². The fourth-order valence-corrected chi connectivity index (χ4v) is 4.40. The summed E-state index contributed by atoms with van der Waals surface area (Å²) >= 11 is 4.84. The number of ether oxygens (including phenoxy) is 1. The van der Waals surface area contributed by atoms with Gasteiger partial charge < -0.3 is 10.1 Å². The molecular formula is C18H19BrN2O3S. The van der Waals surface area contributed by atoms with Gasteiger partial charge in [0.25, 0.3) is 5.91 Å². The molecule has 0 saturated carbocycles. The molecule has 7 heteroatoms. The van der Waals surface area contributed by atoms with Gasteiger partial charge in [0.05, 0.1) is 10.3 Å². The van der Waals surface area contributed by atoms with Gasteiger partial charge in [-0.25, -0.2) is 4.79 Å². The Morgan fingerprint density at radius 2 is 1.88 bits per heavy atom. The summed E-state index contributed by atoms with van der Waals surface area (Å²) in [5.74, 6) is 0.552. The minimum Gasteiger partial charge on any atom is -0.491 e. The van der Waals surface area contributed by atoms with Crippen LogP contribution in [0, 0.1) is 13.8 Å². The Kier molecular flexibility index (Phi) is 4.88. The monoisotopic (exact) mass is 422 g/mol. The Morgan fingerprint density at radius 3 is 2.48 bits per heavy atom. The lowest BCUT2D eigenvalue weighted by Gasteiger charge is -2.20. The molecule has 3 rings (SSSR count). The molecule has 5 nitrogen and oxygen atoms in total. The molecule has 2 heterocycles. The minimum absolute atomic E-state index is 0.209. The van der Waals surface area contributed by atoms with E-state index < -0.39 is 5.54 Å². The fourth-order valence-electron chi connectivity index (χ4n) is 2.92.